The third-order valence-electron chi connectivity index (χ3n) is 7.58. The number of likely N-dealkylation sites (tertiary alicyclic amines) is 1. The Labute approximate surface area is 183 Å². The molecular weight excluding hydrogens is 392 g/mol. The molecule has 0 aromatic carbocycles. The molecule has 5 rings (SSSR count). The molecule has 1 saturated carbocycles. The largest absolute Gasteiger partial charge is 0.339 e. The third kappa shape index (κ3) is 3.73. The van der Waals surface area contributed by atoms with Crippen molar-refractivity contribution in [1.82, 2.24) is 23.6 Å². The van der Waals surface area contributed by atoms with Crippen LogP contribution in [0.4, 0.5) is 5.95 Å². The lowest BCUT2D eigenvalue weighted by atomic mass is 9.93. The number of anilines is 1. The predicted octanol–water partition coefficient (Wildman–Crippen LogP) is 2.17. The molecule has 0 N–H and O–H groups in total. The van der Waals surface area contributed by atoms with E-state index in [0.29, 0.717) is 29.7 Å². The van der Waals surface area contributed by atoms with E-state index in [0.717, 1.165) is 38.7 Å². The molecule has 2 fully saturated rings. The molecular formula is C23H36N6O2. The molecule has 3 aliphatic rings. The van der Waals surface area contributed by atoms with Crippen molar-refractivity contribution in [3.05, 3.63) is 20.8 Å². The number of aryl methyl sites for hydroxylation is 1. The van der Waals surface area contributed by atoms with Gasteiger partial charge in [0.25, 0.3) is 5.56 Å². The van der Waals surface area contributed by atoms with Crippen LogP contribution in [-0.2, 0) is 20.1 Å². The topological polar surface area (TPSA) is 68.3 Å². The maximum atomic E-state index is 13.5. The van der Waals surface area contributed by atoms with Gasteiger partial charge >= 0.3 is 5.69 Å². The van der Waals surface area contributed by atoms with Crippen LogP contribution in [0.3, 0.4) is 0 Å². The summed E-state index contributed by atoms with van der Waals surface area (Å²) in [5, 5.41) is 0. The molecule has 0 bridgehead atoms. The Morgan fingerprint density at radius 1 is 0.935 bits per heavy atom. The standard InChI is InChI=1S/C23H36N6O2/c1-17-15-28(18-9-5-3-6-10-18)22-24-20-19(29(22)16-17)21(30)27(23(31)25(20)2)14-13-26-11-7-4-8-12-26/h17-18H,3-16H2,1-2H3/t17-/m1/s1. The molecule has 2 aromatic heterocycles. The van der Waals surface area contributed by atoms with Crippen LogP contribution in [0.25, 0.3) is 11.2 Å². The second-order valence-corrected chi connectivity index (χ2v) is 9.94. The molecule has 4 heterocycles. The molecule has 0 amide bonds. The Kier molecular flexibility index (Phi) is 5.67. The highest BCUT2D eigenvalue weighted by Crippen LogP contribution is 2.32. The Balaban J connectivity index is 1.55. The van der Waals surface area contributed by atoms with Gasteiger partial charge in [0, 0.05) is 39.3 Å². The Hall–Kier alpha value is -2.09. The van der Waals surface area contributed by atoms with Crippen LogP contribution in [0.15, 0.2) is 9.59 Å². The van der Waals surface area contributed by atoms with Gasteiger partial charge in [-0.2, -0.15) is 4.98 Å². The minimum atomic E-state index is -0.248. The van der Waals surface area contributed by atoms with Crippen LogP contribution in [0, 0.1) is 5.92 Å². The highest BCUT2D eigenvalue weighted by Gasteiger charge is 2.33. The van der Waals surface area contributed by atoms with Gasteiger partial charge in [0.15, 0.2) is 11.2 Å². The average Bonchev–Trinajstić information content (AvgIpc) is 3.18. The molecule has 0 spiro atoms. The van der Waals surface area contributed by atoms with Crippen LogP contribution in [0.5, 0.6) is 0 Å². The van der Waals surface area contributed by atoms with Gasteiger partial charge in [0.05, 0.1) is 0 Å². The van der Waals surface area contributed by atoms with Crippen LogP contribution < -0.4 is 16.1 Å². The summed E-state index contributed by atoms with van der Waals surface area (Å²) in [6, 6.07) is 0.491. The van der Waals surface area contributed by atoms with Gasteiger partial charge in [0.1, 0.15) is 0 Å². The fraction of sp³-hybridized carbons (Fsp3) is 0.783. The van der Waals surface area contributed by atoms with Gasteiger partial charge in [-0.25, -0.2) is 4.79 Å². The van der Waals surface area contributed by atoms with E-state index in [9.17, 15) is 9.59 Å². The Bertz CT molecular complexity index is 1050. The maximum Gasteiger partial charge on any atom is 0.332 e. The molecule has 1 atom stereocenters. The zero-order valence-electron chi connectivity index (χ0n) is 19.1. The van der Waals surface area contributed by atoms with Crippen molar-refractivity contribution in [2.75, 3.05) is 31.1 Å². The summed E-state index contributed by atoms with van der Waals surface area (Å²) in [6.07, 6.45) is 9.90. The van der Waals surface area contributed by atoms with Crippen molar-refractivity contribution >= 4 is 17.1 Å². The average molecular weight is 429 g/mol. The summed E-state index contributed by atoms with van der Waals surface area (Å²) < 4.78 is 5.13. The third-order valence-corrected chi connectivity index (χ3v) is 7.58. The van der Waals surface area contributed by atoms with Gasteiger partial charge < -0.3 is 14.4 Å². The zero-order valence-corrected chi connectivity index (χ0v) is 19.1. The lowest BCUT2D eigenvalue weighted by molar-refractivity contribution is 0.218. The molecule has 8 heteroatoms. The van der Waals surface area contributed by atoms with E-state index in [1.165, 1.54) is 55.9 Å². The summed E-state index contributed by atoms with van der Waals surface area (Å²) in [6.45, 7) is 7.35. The lowest BCUT2D eigenvalue weighted by Crippen LogP contribution is -2.46. The van der Waals surface area contributed by atoms with Crippen LogP contribution in [0.1, 0.15) is 58.3 Å². The number of hydrogen-bond acceptors (Lipinski definition) is 5. The van der Waals surface area contributed by atoms with E-state index in [1.807, 2.05) is 0 Å². The van der Waals surface area contributed by atoms with Gasteiger partial charge in [-0.15, -0.1) is 0 Å². The van der Waals surface area contributed by atoms with E-state index in [2.05, 4.69) is 21.3 Å². The normalized spacial score (nSPS) is 23.4. The predicted molar refractivity (Wildman–Crippen MR) is 123 cm³/mol. The number of imidazole rings is 1. The van der Waals surface area contributed by atoms with Crippen LogP contribution >= 0.6 is 0 Å². The van der Waals surface area contributed by atoms with Gasteiger partial charge in [-0.3, -0.25) is 13.9 Å². The number of piperidine rings is 1. The Morgan fingerprint density at radius 2 is 1.65 bits per heavy atom. The summed E-state index contributed by atoms with van der Waals surface area (Å²) in [7, 11) is 1.76. The van der Waals surface area contributed by atoms with Crippen molar-refractivity contribution in [3.63, 3.8) is 0 Å². The number of rotatable bonds is 4. The van der Waals surface area contributed by atoms with E-state index in [4.69, 9.17) is 4.98 Å². The van der Waals surface area contributed by atoms with Gasteiger partial charge in [-0.1, -0.05) is 32.6 Å². The Morgan fingerprint density at radius 3 is 2.39 bits per heavy atom. The second kappa shape index (κ2) is 8.45. The molecule has 2 aliphatic heterocycles. The summed E-state index contributed by atoms with van der Waals surface area (Å²) >= 11 is 0. The SMILES string of the molecule is C[C@@H]1CN(C2CCCCC2)c2nc3c(c(=O)n(CCN4CCCCC4)c(=O)n3C)n2C1. The fourth-order valence-corrected chi connectivity index (χ4v) is 5.87. The maximum absolute atomic E-state index is 13.5. The van der Waals surface area contributed by atoms with Crippen molar-refractivity contribution in [2.45, 2.75) is 77.4 Å². The molecule has 8 nitrogen and oxygen atoms in total. The second-order valence-electron chi connectivity index (χ2n) is 9.94. The first kappa shape index (κ1) is 20.8. The molecule has 31 heavy (non-hydrogen) atoms. The minimum absolute atomic E-state index is 0.174. The smallest absolute Gasteiger partial charge is 0.332 e. The van der Waals surface area contributed by atoms with E-state index >= 15 is 0 Å². The number of fused-ring (bicyclic) bond motifs is 3. The van der Waals surface area contributed by atoms with Crippen molar-refractivity contribution in [1.29, 1.82) is 0 Å². The first-order valence-electron chi connectivity index (χ1n) is 12.2. The van der Waals surface area contributed by atoms with Gasteiger partial charge in [0.2, 0.25) is 5.95 Å². The van der Waals surface area contributed by atoms with Crippen molar-refractivity contribution in [2.24, 2.45) is 13.0 Å². The number of hydrogen-bond donors (Lipinski definition) is 0. The molecule has 0 radical (unpaired) electrons. The molecule has 170 valence electrons. The number of nitrogens with zero attached hydrogens (tertiary/aromatic N) is 6. The molecule has 1 saturated heterocycles. The van der Waals surface area contributed by atoms with E-state index in [1.54, 1.807) is 11.6 Å². The fourth-order valence-electron chi connectivity index (χ4n) is 5.87. The number of aromatic nitrogens is 4. The van der Waals surface area contributed by atoms with E-state index in [-0.39, 0.29) is 11.2 Å². The first-order valence-corrected chi connectivity index (χ1v) is 12.2. The van der Waals surface area contributed by atoms with E-state index < -0.39 is 0 Å². The highest BCUT2D eigenvalue weighted by atomic mass is 16.2. The summed E-state index contributed by atoms with van der Waals surface area (Å²) in [5.41, 5.74) is 0.714. The quantitative estimate of drug-likeness (QED) is 0.747. The summed E-state index contributed by atoms with van der Waals surface area (Å²) in [5.74, 6) is 1.34. The van der Waals surface area contributed by atoms with Gasteiger partial charge in [-0.05, 0) is 44.7 Å². The first-order chi connectivity index (χ1) is 15.0. The molecule has 1 aliphatic carbocycles. The molecule has 2 aromatic rings. The molecule has 0 unspecified atom stereocenters. The van der Waals surface area contributed by atoms with Crippen molar-refractivity contribution < 1.29 is 0 Å². The van der Waals surface area contributed by atoms with Crippen LogP contribution in [0.2, 0.25) is 0 Å². The highest BCUT2D eigenvalue weighted by molar-refractivity contribution is 5.75. The van der Waals surface area contributed by atoms with Crippen molar-refractivity contribution in [3.8, 4) is 0 Å². The summed E-state index contributed by atoms with van der Waals surface area (Å²) in [4.78, 5) is 36.3. The lowest BCUT2D eigenvalue weighted by Gasteiger charge is -2.40. The minimum Gasteiger partial charge on any atom is -0.339 e. The monoisotopic (exact) mass is 428 g/mol. The van der Waals surface area contributed by atoms with Crippen LogP contribution in [-0.4, -0.2) is 55.8 Å². The zero-order chi connectivity index (χ0) is 21.5.